The molecule has 1 saturated heterocycles. The molecule has 0 atom stereocenters. The maximum atomic E-state index is 13.0. The molecule has 0 aliphatic carbocycles. The molecule has 7 nitrogen and oxygen atoms in total. The number of thiocarbonyl (C=S) groups is 1. The van der Waals surface area contributed by atoms with Gasteiger partial charge in [0.25, 0.3) is 17.5 Å². The van der Waals surface area contributed by atoms with Crippen molar-refractivity contribution in [1.82, 2.24) is 5.32 Å². The van der Waals surface area contributed by atoms with Gasteiger partial charge in [-0.2, -0.15) is 0 Å². The molecule has 0 bridgehead atoms. The second-order valence-electron chi connectivity index (χ2n) is 6.90. The molecule has 0 radical (unpaired) electrons. The van der Waals surface area contributed by atoms with Gasteiger partial charge in [-0.3, -0.25) is 29.9 Å². The minimum absolute atomic E-state index is 0.00197. The van der Waals surface area contributed by atoms with Gasteiger partial charge in [-0.05, 0) is 54.1 Å². The van der Waals surface area contributed by atoms with Gasteiger partial charge in [-0.1, -0.05) is 44.2 Å². The van der Waals surface area contributed by atoms with E-state index < -0.39 is 16.7 Å². The molecule has 2 aromatic carbocycles. The predicted octanol–water partition coefficient (Wildman–Crippen LogP) is 4.11. The summed E-state index contributed by atoms with van der Waals surface area (Å²) in [5, 5.41) is 13.6. The third kappa shape index (κ3) is 4.33. The number of allylic oxidation sites excluding steroid dienone is 2. The number of amides is 2. The van der Waals surface area contributed by atoms with Crippen LogP contribution in [0.5, 0.6) is 0 Å². The summed E-state index contributed by atoms with van der Waals surface area (Å²) in [5.74, 6) is -0.842. The van der Waals surface area contributed by atoms with Crippen molar-refractivity contribution < 1.29 is 14.5 Å². The van der Waals surface area contributed by atoms with Crippen molar-refractivity contribution in [3.63, 3.8) is 0 Å². The van der Waals surface area contributed by atoms with Crippen LogP contribution in [0.25, 0.3) is 6.08 Å². The molecule has 1 heterocycles. The number of para-hydroxylation sites is 1. The molecule has 1 aliphatic rings. The highest BCUT2D eigenvalue weighted by Crippen LogP contribution is 2.24. The van der Waals surface area contributed by atoms with E-state index >= 15 is 0 Å². The molecule has 1 fully saturated rings. The monoisotopic (exact) mass is 421 g/mol. The molecule has 2 aromatic rings. The molecule has 3 rings (SSSR count). The Morgan fingerprint density at radius 2 is 1.77 bits per heavy atom. The van der Waals surface area contributed by atoms with Crippen molar-refractivity contribution in [1.29, 1.82) is 0 Å². The lowest BCUT2D eigenvalue weighted by Crippen LogP contribution is -2.54. The Hall–Kier alpha value is -3.65. The summed E-state index contributed by atoms with van der Waals surface area (Å²) < 4.78 is 0. The fourth-order valence-electron chi connectivity index (χ4n) is 2.96. The summed E-state index contributed by atoms with van der Waals surface area (Å²) >= 11 is 5.19. The minimum atomic E-state index is -0.618. The number of nitrogens with zero attached hydrogens (tertiary/aromatic N) is 2. The quantitative estimate of drug-likeness (QED) is 0.258. The lowest BCUT2D eigenvalue weighted by molar-refractivity contribution is -0.385. The summed E-state index contributed by atoms with van der Waals surface area (Å²) in [5.41, 5.74) is 1.83. The maximum Gasteiger partial charge on any atom is 0.276 e. The number of nitrogens with one attached hydrogen (secondary N) is 1. The van der Waals surface area contributed by atoms with E-state index in [0.717, 1.165) is 5.56 Å². The first-order chi connectivity index (χ1) is 14.3. The largest absolute Gasteiger partial charge is 0.298 e. The van der Waals surface area contributed by atoms with E-state index in [-0.39, 0.29) is 16.4 Å². The van der Waals surface area contributed by atoms with Crippen LogP contribution in [0, 0.1) is 10.1 Å². The van der Waals surface area contributed by atoms with Crippen LogP contribution in [-0.4, -0.2) is 21.9 Å². The number of carbonyl (C=O) groups excluding carboxylic acids is 2. The second kappa shape index (κ2) is 8.79. The molecule has 8 heteroatoms. The Morgan fingerprint density at radius 1 is 1.10 bits per heavy atom. The molecule has 30 heavy (non-hydrogen) atoms. The lowest BCUT2D eigenvalue weighted by Gasteiger charge is -2.29. The maximum absolute atomic E-state index is 13.0. The van der Waals surface area contributed by atoms with Crippen LogP contribution < -0.4 is 10.2 Å². The fourth-order valence-corrected chi connectivity index (χ4v) is 3.24. The minimum Gasteiger partial charge on any atom is -0.298 e. The van der Waals surface area contributed by atoms with Crippen LogP contribution >= 0.6 is 12.2 Å². The average molecular weight is 421 g/mol. The summed E-state index contributed by atoms with van der Waals surface area (Å²) in [4.78, 5) is 37.1. The molecule has 0 unspecified atom stereocenters. The zero-order valence-corrected chi connectivity index (χ0v) is 17.2. The molecule has 1 N–H and O–H groups in total. The van der Waals surface area contributed by atoms with Gasteiger partial charge >= 0.3 is 0 Å². The van der Waals surface area contributed by atoms with E-state index in [4.69, 9.17) is 12.2 Å². The van der Waals surface area contributed by atoms with Gasteiger partial charge in [0, 0.05) is 6.07 Å². The highest BCUT2D eigenvalue weighted by molar-refractivity contribution is 7.80. The summed E-state index contributed by atoms with van der Waals surface area (Å²) in [6.07, 6.45) is 4.23. The van der Waals surface area contributed by atoms with Gasteiger partial charge in [-0.15, -0.1) is 0 Å². The van der Waals surface area contributed by atoms with Crippen molar-refractivity contribution in [2.75, 3.05) is 4.90 Å². The first-order valence-corrected chi connectivity index (χ1v) is 9.62. The average Bonchev–Trinajstić information content (AvgIpc) is 2.70. The number of benzene rings is 2. The Labute approximate surface area is 178 Å². The normalized spacial score (nSPS) is 15.9. The molecule has 0 spiro atoms. The van der Waals surface area contributed by atoms with E-state index in [2.05, 4.69) is 19.2 Å². The molecule has 0 aromatic heterocycles. The third-order valence-electron chi connectivity index (χ3n) is 4.59. The highest BCUT2D eigenvalue weighted by Gasteiger charge is 2.34. The van der Waals surface area contributed by atoms with Gasteiger partial charge < -0.3 is 0 Å². The van der Waals surface area contributed by atoms with Crippen LogP contribution in [0.15, 0.2) is 66.3 Å². The van der Waals surface area contributed by atoms with E-state index in [1.54, 1.807) is 30.3 Å². The SMILES string of the molecule is CC(C)c1ccc(N2C(=O)/C(=C/C=C/c3ccccc3[N+](=O)[O-])C(=O)NC2=S)cc1. The Morgan fingerprint density at radius 3 is 2.40 bits per heavy atom. The van der Waals surface area contributed by atoms with Crippen molar-refractivity contribution in [3.05, 3.63) is 87.5 Å². The smallest absolute Gasteiger partial charge is 0.276 e. The molecule has 0 saturated carbocycles. The van der Waals surface area contributed by atoms with Crippen molar-refractivity contribution in [2.45, 2.75) is 19.8 Å². The van der Waals surface area contributed by atoms with E-state index in [0.29, 0.717) is 17.2 Å². The first kappa shape index (κ1) is 21.1. The van der Waals surface area contributed by atoms with Crippen LogP contribution in [-0.2, 0) is 9.59 Å². The Balaban J connectivity index is 1.90. The van der Waals surface area contributed by atoms with Crippen molar-refractivity contribution in [3.8, 4) is 0 Å². The number of anilines is 1. The predicted molar refractivity (Wildman–Crippen MR) is 119 cm³/mol. The standard InChI is InChI=1S/C22H19N3O4S/c1-14(2)15-10-12-17(13-11-15)24-21(27)18(20(26)23-22(24)30)8-5-7-16-6-3-4-9-19(16)25(28)29/h3-14H,1-2H3,(H,23,26,30)/b7-5+,18-8+. The topological polar surface area (TPSA) is 92.6 Å². The lowest BCUT2D eigenvalue weighted by atomic mass is 10.0. The van der Waals surface area contributed by atoms with Gasteiger partial charge in [0.2, 0.25) is 0 Å². The third-order valence-corrected chi connectivity index (χ3v) is 4.88. The Bertz CT molecular complexity index is 1090. The van der Waals surface area contributed by atoms with E-state index in [1.165, 1.54) is 29.2 Å². The summed E-state index contributed by atoms with van der Waals surface area (Å²) in [7, 11) is 0. The zero-order chi connectivity index (χ0) is 21.8. The van der Waals surface area contributed by atoms with E-state index in [9.17, 15) is 19.7 Å². The highest BCUT2D eigenvalue weighted by atomic mass is 32.1. The summed E-state index contributed by atoms with van der Waals surface area (Å²) in [6, 6.07) is 13.6. The fraction of sp³-hybridized carbons (Fsp3) is 0.136. The van der Waals surface area contributed by atoms with Gasteiger partial charge in [-0.25, -0.2) is 0 Å². The number of nitro groups is 1. The van der Waals surface area contributed by atoms with Crippen LogP contribution in [0.1, 0.15) is 30.9 Å². The van der Waals surface area contributed by atoms with Crippen LogP contribution in [0.2, 0.25) is 0 Å². The molecular formula is C22H19N3O4S. The van der Waals surface area contributed by atoms with Gasteiger partial charge in [0.15, 0.2) is 5.11 Å². The molecular weight excluding hydrogens is 402 g/mol. The number of rotatable bonds is 5. The number of carbonyl (C=O) groups is 2. The molecule has 2 amide bonds. The molecule has 1 aliphatic heterocycles. The van der Waals surface area contributed by atoms with Gasteiger partial charge in [0.1, 0.15) is 5.57 Å². The van der Waals surface area contributed by atoms with Crippen LogP contribution in [0.3, 0.4) is 0 Å². The molecule has 152 valence electrons. The number of nitro benzene ring substituents is 1. The van der Waals surface area contributed by atoms with Crippen LogP contribution in [0.4, 0.5) is 11.4 Å². The summed E-state index contributed by atoms with van der Waals surface area (Å²) in [6.45, 7) is 4.13. The second-order valence-corrected chi connectivity index (χ2v) is 7.29. The Kier molecular flexibility index (Phi) is 6.17. The van der Waals surface area contributed by atoms with Gasteiger partial charge in [0.05, 0.1) is 16.2 Å². The number of hydrogen-bond acceptors (Lipinski definition) is 5. The number of hydrogen-bond donors (Lipinski definition) is 1. The van der Waals surface area contributed by atoms with Crippen molar-refractivity contribution in [2.24, 2.45) is 0 Å². The first-order valence-electron chi connectivity index (χ1n) is 9.21. The van der Waals surface area contributed by atoms with Crippen molar-refractivity contribution >= 4 is 46.6 Å². The van der Waals surface area contributed by atoms with E-state index in [1.807, 2.05) is 12.1 Å². The zero-order valence-electron chi connectivity index (χ0n) is 16.4.